The fourth-order valence-electron chi connectivity index (χ4n) is 2.81. The van der Waals surface area contributed by atoms with Crippen molar-refractivity contribution >= 4 is 5.97 Å². The molecule has 0 unspecified atom stereocenters. The van der Waals surface area contributed by atoms with E-state index in [0.717, 1.165) is 12.0 Å². The maximum atomic E-state index is 11.4. The molecule has 1 atom stereocenters. The third-order valence-corrected chi connectivity index (χ3v) is 3.82. The van der Waals surface area contributed by atoms with Crippen LogP contribution in [0, 0.1) is 0 Å². The maximum Gasteiger partial charge on any atom is 0.322 e. The highest BCUT2D eigenvalue weighted by atomic mass is 16.5. The number of rotatable bonds is 3. The van der Waals surface area contributed by atoms with Crippen molar-refractivity contribution in [2.75, 3.05) is 7.11 Å². The van der Waals surface area contributed by atoms with Crippen molar-refractivity contribution in [3.63, 3.8) is 0 Å². The summed E-state index contributed by atoms with van der Waals surface area (Å²) in [6, 6.07) is 14.2. The third-order valence-electron chi connectivity index (χ3n) is 3.82. The van der Waals surface area contributed by atoms with E-state index in [9.17, 15) is 4.79 Å². The maximum absolute atomic E-state index is 11.4. The Balaban J connectivity index is 1.86. The monoisotopic (exact) mass is 267 g/mol. The molecule has 0 bridgehead atoms. The van der Waals surface area contributed by atoms with E-state index in [1.807, 2.05) is 6.07 Å². The van der Waals surface area contributed by atoms with E-state index in [1.54, 1.807) is 0 Å². The number of carbonyl (C=O) groups is 1. The van der Waals surface area contributed by atoms with Gasteiger partial charge in [-0.05, 0) is 40.7 Å². The van der Waals surface area contributed by atoms with E-state index in [0.29, 0.717) is 6.42 Å². The summed E-state index contributed by atoms with van der Waals surface area (Å²) < 4.78 is 4.66. The van der Waals surface area contributed by atoms with Crippen molar-refractivity contribution < 1.29 is 9.53 Å². The largest absolute Gasteiger partial charge is 0.468 e. The summed E-state index contributed by atoms with van der Waals surface area (Å²) in [4.78, 5) is 11.4. The van der Waals surface area contributed by atoms with Gasteiger partial charge in [0.05, 0.1) is 7.11 Å². The molecule has 0 saturated carbocycles. The van der Waals surface area contributed by atoms with Crippen molar-refractivity contribution in [1.82, 2.24) is 0 Å². The van der Waals surface area contributed by atoms with E-state index >= 15 is 0 Å². The summed E-state index contributed by atoms with van der Waals surface area (Å²) in [7, 11) is 1.36. The smallest absolute Gasteiger partial charge is 0.322 e. The molecule has 102 valence electrons. The molecule has 0 amide bonds. The lowest BCUT2D eigenvalue weighted by molar-refractivity contribution is -0.142. The number of ether oxygens (including phenoxy) is 1. The molecule has 1 aliphatic rings. The topological polar surface area (TPSA) is 52.3 Å². The van der Waals surface area contributed by atoms with E-state index < -0.39 is 6.04 Å². The van der Waals surface area contributed by atoms with Gasteiger partial charge in [0.15, 0.2) is 0 Å². The first-order chi connectivity index (χ1) is 9.69. The molecule has 0 heterocycles. The highest BCUT2D eigenvalue weighted by molar-refractivity contribution is 5.78. The SMILES string of the molecule is COC(=O)[C@@H](N)Cc1ccc2c(c1)Cc1ccccc1-2. The van der Waals surface area contributed by atoms with Gasteiger partial charge in [0.2, 0.25) is 0 Å². The number of carbonyl (C=O) groups excluding carboxylic acids is 1. The molecule has 0 spiro atoms. The molecule has 2 aromatic rings. The molecule has 3 nitrogen and oxygen atoms in total. The van der Waals surface area contributed by atoms with Crippen LogP contribution in [-0.4, -0.2) is 19.1 Å². The van der Waals surface area contributed by atoms with Gasteiger partial charge in [-0.3, -0.25) is 4.79 Å². The van der Waals surface area contributed by atoms with Crippen LogP contribution in [0.25, 0.3) is 11.1 Å². The number of esters is 1. The second-order valence-electron chi connectivity index (χ2n) is 5.16. The van der Waals surface area contributed by atoms with Crippen LogP contribution in [0.15, 0.2) is 42.5 Å². The van der Waals surface area contributed by atoms with Gasteiger partial charge in [-0.2, -0.15) is 0 Å². The Bertz CT molecular complexity index is 664. The lowest BCUT2D eigenvalue weighted by Crippen LogP contribution is -2.33. The molecule has 2 aromatic carbocycles. The number of nitrogens with two attached hydrogens (primary N) is 1. The molecule has 0 radical (unpaired) electrons. The first kappa shape index (κ1) is 12.9. The minimum atomic E-state index is -0.596. The van der Waals surface area contributed by atoms with Crippen LogP contribution in [0.3, 0.4) is 0 Å². The van der Waals surface area contributed by atoms with Crippen molar-refractivity contribution in [3.05, 3.63) is 59.2 Å². The number of methoxy groups -OCH3 is 1. The number of benzene rings is 2. The molecular weight excluding hydrogens is 250 g/mol. The molecule has 3 heteroatoms. The zero-order valence-electron chi connectivity index (χ0n) is 11.4. The van der Waals surface area contributed by atoms with Gasteiger partial charge in [-0.15, -0.1) is 0 Å². The molecule has 0 saturated heterocycles. The van der Waals surface area contributed by atoms with Crippen LogP contribution in [0.4, 0.5) is 0 Å². The van der Waals surface area contributed by atoms with Crippen molar-refractivity contribution in [3.8, 4) is 11.1 Å². The van der Waals surface area contributed by atoms with Gasteiger partial charge < -0.3 is 10.5 Å². The minimum absolute atomic E-state index is 0.367. The molecule has 2 N–H and O–H groups in total. The highest BCUT2D eigenvalue weighted by Gasteiger charge is 2.19. The predicted octanol–water partition coefficient (Wildman–Crippen LogP) is 2.30. The lowest BCUT2D eigenvalue weighted by atomic mass is 10.00. The zero-order chi connectivity index (χ0) is 14.1. The second kappa shape index (κ2) is 5.10. The van der Waals surface area contributed by atoms with E-state index in [-0.39, 0.29) is 5.97 Å². The van der Waals surface area contributed by atoms with Crippen LogP contribution in [-0.2, 0) is 22.4 Å². The summed E-state index contributed by atoms with van der Waals surface area (Å²) in [5.74, 6) is -0.367. The molecule has 0 fully saturated rings. The molecule has 1 aliphatic carbocycles. The van der Waals surface area contributed by atoms with Crippen LogP contribution >= 0.6 is 0 Å². The van der Waals surface area contributed by atoms with Crippen molar-refractivity contribution in [1.29, 1.82) is 0 Å². The minimum Gasteiger partial charge on any atom is -0.468 e. The average molecular weight is 267 g/mol. The molecular formula is C17H17NO2. The number of hydrogen-bond donors (Lipinski definition) is 1. The van der Waals surface area contributed by atoms with Crippen molar-refractivity contribution in [2.24, 2.45) is 5.73 Å². The first-order valence-electron chi connectivity index (χ1n) is 6.72. The van der Waals surface area contributed by atoms with Crippen molar-refractivity contribution in [2.45, 2.75) is 18.9 Å². The van der Waals surface area contributed by atoms with E-state index in [4.69, 9.17) is 5.73 Å². The fraction of sp³-hybridized carbons (Fsp3) is 0.235. The summed E-state index contributed by atoms with van der Waals surface area (Å²) in [6.45, 7) is 0. The Hall–Kier alpha value is -2.13. The third kappa shape index (κ3) is 2.21. The molecule has 20 heavy (non-hydrogen) atoms. The van der Waals surface area contributed by atoms with Gasteiger partial charge in [0.25, 0.3) is 0 Å². The Morgan fingerprint density at radius 3 is 2.75 bits per heavy atom. The molecule has 0 aromatic heterocycles. The zero-order valence-corrected chi connectivity index (χ0v) is 11.4. The Kier molecular flexibility index (Phi) is 3.28. The highest BCUT2D eigenvalue weighted by Crippen LogP contribution is 2.36. The van der Waals surface area contributed by atoms with Gasteiger partial charge >= 0.3 is 5.97 Å². The van der Waals surface area contributed by atoms with Crippen LogP contribution in [0.2, 0.25) is 0 Å². The van der Waals surface area contributed by atoms with Gasteiger partial charge in [-0.25, -0.2) is 0 Å². The standard InChI is InChI=1S/C17H17NO2/c1-20-17(19)16(18)9-11-6-7-15-13(8-11)10-12-4-2-3-5-14(12)15/h2-8,16H,9-10,18H2,1H3/t16-/m0/s1. The summed E-state index contributed by atoms with van der Waals surface area (Å²) in [5, 5.41) is 0. The lowest BCUT2D eigenvalue weighted by Gasteiger charge is -2.10. The summed E-state index contributed by atoms with van der Waals surface area (Å²) >= 11 is 0. The van der Waals surface area contributed by atoms with Crippen LogP contribution in [0.5, 0.6) is 0 Å². The first-order valence-corrected chi connectivity index (χ1v) is 6.72. The van der Waals surface area contributed by atoms with Crippen LogP contribution in [0.1, 0.15) is 16.7 Å². The molecule has 3 rings (SSSR count). The van der Waals surface area contributed by atoms with Gasteiger partial charge in [0, 0.05) is 0 Å². The average Bonchev–Trinajstić information content (AvgIpc) is 2.83. The Morgan fingerprint density at radius 1 is 1.20 bits per heavy atom. The number of hydrogen-bond acceptors (Lipinski definition) is 3. The van der Waals surface area contributed by atoms with E-state index in [1.165, 1.54) is 29.4 Å². The Morgan fingerprint density at radius 2 is 1.95 bits per heavy atom. The van der Waals surface area contributed by atoms with Gasteiger partial charge in [0.1, 0.15) is 6.04 Å². The summed E-state index contributed by atoms with van der Waals surface area (Å²) in [5.41, 5.74) is 12.2. The molecule has 0 aliphatic heterocycles. The van der Waals surface area contributed by atoms with Crippen LogP contribution < -0.4 is 5.73 Å². The summed E-state index contributed by atoms with van der Waals surface area (Å²) in [6.07, 6.45) is 1.46. The van der Waals surface area contributed by atoms with E-state index in [2.05, 4.69) is 41.1 Å². The van der Waals surface area contributed by atoms with Gasteiger partial charge in [-0.1, -0.05) is 42.5 Å². The Labute approximate surface area is 118 Å². The number of fused-ring (bicyclic) bond motifs is 3. The predicted molar refractivity (Wildman–Crippen MR) is 78.4 cm³/mol. The fourth-order valence-corrected chi connectivity index (χ4v) is 2.81. The second-order valence-corrected chi connectivity index (χ2v) is 5.16. The normalized spacial score (nSPS) is 13.5. The quantitative estimate of drug-likeness (QED) is 0.741.